The Balaban J connectivity index is 0.00000529. The Kier molecular flexibility index (Phi) is 12.3. The molecule has 1 aromatic carbocycles. The SMILES string of the molecule is CCCCCCCCc1ccc(OC(C)C(C)S(=O)(=O)[O-])cc1.[Na+]. The van der Waals surface area contributed by atoms with Gasteiger partial charge in [0.1, 0.15) is 22.0 Å². The van der Waals surface area contributed by atoms with E-state index < -0.39 is 21.5 Å². The normalized spacial score (nSPS) is 13.8. The molecule has 24 heavy (non-hydrogen) atoms. The molecule has 2 unspecified atom stereocenters. The average molecular weight is 364 g/mol. The molecule has 0 saturated heterocycles. The van der Waals surface area contributed by atoms with Gasteiger partial charge in [-0.05, 0) is 44.4 Å². The van der Waals surface area contributed by atoms with Crippen molar-refractivity contribution in [1.29, 1.82) is 0 Å². The molecule has 6 heteroatoms. The van der Waals surface area contributed by atoms with Gasteiger partial charge in [0.2, 0.25) is 0 Å². The number of ether oxygens (including phenoxy) is 1. The van der Waals surface area contributed by atoms with Gasteiger partial charge in [-0.15, -0.1) is 0 Å². The van der Waals surface area contributed by atoms with E-state index in [9.17, 15) is 13.0 Å². The van der Waals surface area contributed by atoms with Crippen LogP contribution in [0.15, 0.2) is 24.3 Å². The van der Waals surface area contributed by atoms with E-state index in [4.69, 9.17) is 4.74 Å². The van der Waals surface area contributed by atoms with Gasteiger partial charge in [-0.2, -0.15) is 0 Å². The Labute approximate surface area is 169 Å². The third kappa shape index (κ3) is 9.42. The van der Waals surface area contributed by atoms with E-state index in [1.54, 1.807) is 6.92 Å². The fourth-order valence-corrected chi connectivity index (χ4v) is 2.91. The predicted molar refractivity (Wildman–Crippen MR) is 92.8 cm³/mol. The van der Waals surface area contributed by atoms with Crippen LogP contribution in [-0.2, 0) is 16.5 Å². The molecule has 0 spiro atoms. The second-order valence-corrected chi connectivity index (χ2v) is 7.91. The maximum absolute atomic E-state index is 11.0. The second kappa shape index (κ2) is 12.3. The number of hydrogen-bond donors (Lipinski definition) is 0. The minimum atomic E-state index is -4.33. The summed E-state index contributed by atoms with van der Waals surface area (Å²) in [5.41, 5.74) is 1.25. The number of aryl methyl sites for hydroxylation is 1. The molecule has 2 atom stereocenters. The molecule has 1 aromatic rings. The van der Waals surface area contributed by atoms with Gasteiger partial charge in [0, 0.05) is 0 Å². The number of unbranched alkanes of at least 4 members (excludes halogenated alkanes) is 5. The first-order valence-electron chi connectivity index (χ1n) is 8.55. The summed E-state index contributed by atoms with van der Waals surface area (Å²) in [4.78, 5) is 0. The zero-order valence-corrected chi connectivity index (χ0v) is 18.3. The molecule has 0 bridgehead atoms. The molecule has 0 aliphatic heterocycles. The van der Waals surface area contributed by atoms with Gasteiger partial charge in [0.05, 0.1) is 5.25 Å². The van der Waals surface area contributed by atoms with Gasteiger partial charge in [0.15, 0.2) is 0 Å². The molecule has 0 fully saturated rings. The van der Waals surface area contributed by atoms with E-state index in [0.29, 0.717) is 5.75 Å². The fourth-order valence-electron chi connectivity index (χ4n) is 2.39. The molecule has 0 heterocycles. The van der Waals surface area contributed by atoms with Gasteiger partial charge in [-0.3, -0.25) is 0 Å². The molecule has 4 nitrogen and oxygen atoms in total. The third-order valence-electron chi connectivity index (χ3n) is 4.18. The molecule has 0 aromatic heterocycles. The van der Waals surface area contributed by atoms with Crippen molar-refractivity contribution in [2.45, 2.75) is 77.1 Å². The molecular weight excluding hydrogens is 335 g/mol. The van der Waals surface area contributed by atoms with Crippen LogP contribution in [0.2, 0.25) is 0 Å². The van der Waals surface area contributed by atoms with Crippen LogP contribution in [-0.4, -0.2) is 24.3 Å². The van der Waals surface area contributed by atoms with Crippen molar-refractivity contribution in [3.05, 3.63) is 29.8 Å². The van der Waals surface area contributed by atoms with Crippen molar-refractivity contribution < 1.29 is 47.3 Å². The zero-order chi connectivity index (χ0) is 17.3. The fraction of sp³-hybridized carbons (Fsp3) is 0.667. The summed E-state index contributed by atoms with van der Waals surface area (Å²) < 4.78 is 38.5. The predicted octanol–water partition coefficient (Wildman–Crippen LogP) is 1.29. The molecule has 0 aliphatic rings. The number of hydrogen-bond acceptors (Lipinski definition) is 4. The summed E-state index contributed by atoms with van der Waals surface area (Å²) >= 11 is 0. The summed E-state index contributed by atoms with van der Waals surface area (Å²) in [6.45, 7) is 5.20. The molecule has 0 aliphatic carbocycles. The quantitative estimate of drug-likeness (QED) is 0.337. The Morgan fingerprint density at radius 2 is 1.54 bits per heavy atom. The molecule has 0 radical (unpaired) electrons. The summed E-state index contributed by atoms with van der Waals surface area (Å²) in [7, 11) is -4.33. The van der Waals surface area contributed by atoms with Crippen molar-refractivity contribution in [2.24, 2.45) is 0 Å². The van der Waals surface area contributed by atoms with Gasteiger partial charge in [0.25, 0.3) is 0 Å². The zero-order valence-electron chi connectivity index (χ0n) is 15.5. The molecular formula is C18H29NaO4S. The Morgan fingerprint density at radius 1 is 1.00 bits per heavy atom. The van der Waals surface area contributed by atoms with Crippen LogP contribution in [0.1, 0.15) is 64.9 Å². The monoisotopic (exact) mass is 364 g/mol. The minimum Gasteiger partial charge on any atom is -0.748 e. The summed E-state index contributed by atoms with van der Waals surface area (Å²) in [6.07, 6.45) is 8.04. The molecule has 1 rings (SSSR count). The van der Waals surface area contributed by atoms with E-state index in [1.165, 1.54) is 51.0 Å². The van der Waals surface area contributed by atoms with Crippen molar-refractivity contribution >= 4 is 10.1 Å². The second-order valence-electron chi connectivity index (χ2n) is 6.18. The van der Waals surface area contributed by atoms with E-state index in [1.807, 2.05) is 24.3 Å². The first-order valence-corrected chi connectivity index (χ1v) is 10.0. The van der Waals surface area contributed by atoms with Crippen LogP contribution >= 0.6 is 0 Å². The Hall–Kier alpha value is -0.0700. The van der Waals surface area contributed by atoms with Gasteiger partial charge >= 0.3 is 29.6 Å². The molecule has 0 saturated carbocycles. The van der Waals surface area contributed by atoms with Crippen LogP contribution < -0.4 is 34.3 Å². The van der Waals surface area contributed by atoms with Gasteiger partial charge in [-0.25, -0.2) is 8.42 Å². The first kappa shape index (κ1) is 23.9. The topological polar surface area (TPSA) is 66.4 Å². The maximum Gasteiger partial charge on any atom is 1.00 e. The smallest absolute Gasteiger partial charge is 0.748 e. The summed E-state index contributed by atoms with van der Waals surface area (Å²) in [5.74, 6) is 0.597. The van der Waals surface area contributed by atoms with E-state index in [-0.39, 0.29) is 29.6 Å². The van der Waals surface area contributed by atoms with Crippen LogP contribution in [0.4, 0.5) is 0 Å². The summed E-state index contributed by atoms with van der Waals surface area (Å²) in [6, 6.07) is 7.69. The van der Waals surface area contributed by atoms with Gasteiger partial charge < -0.3 is 9.29 Å². The van der Waals surface area contributed by atoms with E-state index in [0.717, 1.165) is 6.42 Å². The van der Waals surface area contributed by atoms with Crippen molar-refractivity contribution in [2.75, 3.05) is 0 Å². The minimum absolute atomic E-state index is 0. The van der Waals surface area contributed by atoms with Crippen LogP contribution in [0, 0.1) is 0 Å². The summed E-state index contributed by atoms with van der Waals surface area (Å²) in [5, 5.41) is -1.06. The first-order chi connectivity index (χ1) is 10.8. The van der Waals surface area contributed by atoms with E-state index in [2.05, 4.69) is 6.92 Å². The molecule has 0 N–H and O–H groups in total. The largest absolute Gasteiger partial charge is 1.00 e. The molecule has 132 valence electrons. The van der Waals surface area contributed by atoms with Crippen molar-refractivity contribution in [3.8, 4) is 5.75 Å². The van der Waals surface area contributed by atoms with Crippen LogP contribution in [0.25, 0.3) is 0 Å². The Morgan fingerprint density at radius 3 is 2.08 bits per heavy atom. The van der Waals surface area contributed by atoms with Crippen LogP contribution in [0.3, 0.4) is 0 Å². The average Bonchev–Trinajstić information content (AvgIpc) is 2.50. The number of benzene rings is 1. The van der Waals surface area contributed by atoms with E-state index >= 15 is 0 Å². The standard InChI is InChI=1S/C18H30O4S.Na/c1-4-5-6-7-8-9-10-17-11-13-18(14-12-17)22-15(2)16(3)23(19,20)21;/h11-16H,4-10H2,1-3H3,(H,19,20,21);/q;+1/p-1. The van der Waals surface area contributed by atoms with Gasteiger partial charge in [-0.1, -0.05) is 51.2 Å². The maximum atomic E-state index is 11.0. The third-order valence-corrected chi connectivity index (χ3v) is 5.47. The molecule has 0 amide bonds. The van der Waals surface area contributed by atoms with Crippen molar-refractivity contribution in [1.82, 2.24) is 0 Å². The Bertz CT molecular complexity index is 543. The number of rotatable bonds is 11. The van der Waals surface area contributed by atoms with Crippen molar-refractivity contribution in [3.63, 3.8) is 0 Å². The van der Waals surface area contributed by atoms with Crippen LogP contribution in [0.5, 0.6) is 5.75 Å².